The minimum Gasteiger partial charge on any atom is -0.458 e. The summed E-state index contributed by atoms with van der Waals surface area (Å²) in [5.74, 6) is -0.935. The molecule has 4 unspecified atom stereocenters. The molecule has 3 aliphatic rings. The average molecular weight is 506 g/mol. The molecule has 3 aliphatic heterocycles. The number of thiophene rings is 2. The van der Waals surface area contributed by atoms with Gasteiger partial charge in [-0.05, 0) is 36.0 Å². The van der Waals surface area contributed by atoms with E-state index in [0.29, 0.717) is 21.8 Å². The summed E-state index contributed by atoms with van der Waals surface area (Å²) in [4.78, 5) is 30.5. The van der Waals surface area contributed by atoms with Gasteiger partial charge in [-0.1, -0.05) is 26.0 Å². The molecule has 2 bridgehead atoms. The lowest BCUT2D eigenvalue weighted by molar-refractivity contribution is -0.938. The zero-order chi connectivity index (χ0) is 24.1. The van der Waals surface area contributed by atoms with Gasteiger partial charge in [-0.3, -0.25) is 9.69 Å². The van der Waals surface area contributed by atoms with Crippen LogP contribution in [0.1, 0.15) is 36.4 Å². The van der Waals surface area contributed by atoms with Gasteiger partial charge in [-0.15, -0.1) is 22.7 Å². The monoisotopic (exact) mass is 505 g/mol. The first-order valence-corrected chi connectivity index (χ1v) is 13.8. The Morgan fingerprint density at radius 3 is 2.09 bits per heavy atom. The van der Waals surface area contributed by atoms with Crippen LogP contribution in [0.5, 0.6) is 0 Å². The third-order valence-corrected chi connectivity index (χ3v) is 9.79. The van der Waals surface area contributed by atoms with Crippen LogP contribution in [-0.2, 0) is 29.4 Å². The molecular formula is C25H33N2O5S2+. The minimum atomic E-state index is -1.59. The van der Waals surface area contributed by atoms with Gasteiger partial charge in [-0.25, -0.2) is 4.79 Å². The summed E-state index contributed by atoms with van der Waals surface area (Å²) in [5.41, 5.74) is -1.59. The number of hydrogen-bond donors (Lipinski definition) is 0. The number of likely N-dealkylation sites (N-methyl/N-ethyl adjacent to an activating group) is 2. The molecule has 0 N–H and O–H groups in total. The number of carbonyl (C=O) groups excluding carboxylic acids is 2. The van der Waals surface area contributed by atoms with E-state index in [1.165, 1.54) is 22.7 Å². The van der Waals surface area contributed by atoms with Crippen molar-refractivity contribution >= 4 is 34.6 Å². The fourth-order valence-corrected chi connectivity index (χ4v) is 7.58. The summed E-state index contributed by atoms with van der Waals surface area (Å²) in [6.07, 6.45) is 1.85. The first kappa shape index (κ1) is 23.9. The Hall–Kier alpha value is -1.78. The third kappa shape index (κ3) is 3.91. The second kappa shape index (κ2) is 9.02. The standard InChI is InChI=1S/C25H33N2O5S2/c1-5-26(6-2)15-21(28)32-25(19-9-7-11-33-19,20-10-8-12-34-20)24(29)30-16-13-17-22-23(31-22)18(14-16)27(17,3)4/h7-12,16-18,22-23H,5-6,13-15H2,1-4H3/q+1. The van der Waals surface area contributed by atoms with Crippen LogP contribution in [0.2, 0.25) is 0 Å². The highest BCUT2D eigenvalue weighted by Crippen LogP contribution is 2.52. The minimum absolute atomic E-state index is 0.124. The molecule has 0 amide bonds. The largest absolute Gasteiger partial charge is 0.458 e. The summed E-state index contributed by atoms with van der Waals surface area (Å²) in [7, 11) is 4.50. The van der Waals surface area contributed by atoms with E-state index in [2.05, 4.69) is 14.1 Å². The molecule has 2 aromatic heterocycles. The van der Waals surface area contributed by atoms with Crippen LogP contribution in [-0.4, -0.2) is 85.4 Å². The molecule has 2 aromatic rings. The number of ether oxygens (including phenoxy) is 3. The van der Waals surface area contributed by atoms with Crippen molar-refractivity contribution in [3.8, 4) is 0 Å². The number of fused-ring (bicyclic) bond motifs is 5. The molecule has 0 aromatic carbocycles. The van der Waals surface area contributed by atoms with Gasteiger partial charge >= 0.3 is 11.9 Å². The maximum absolute atomic E-state index is 14.0. The molecule has 3 fully saturated rings. The van der Waals surface area contributed by atoms with Crippen LogP contribution in [0, 0.1) is 0 Å². The Kier molecular flexibility index (Phi) is 6.35. The van der Waals surface area contributed by atoms with E-state index in [-0.39, 0.29) is 24.9 Å². The predicted octanol–water partition coefficient (Wildman–Crippen LogP) is 3.24. The van der Waals surface area contributed by atoms with Crippen LogP contribution in [0.4, 0.5) is 0 Å². The normalized spacial score (nSPS) is 29.0. The van der Waals surface area contributed by atoms with E-state index in [1.54, 1.807) is 0 Å². The van der Waals surface area contributed by atoms with Gasteiger partial charge < -0.3 is 18.7 Å². The van der Waals surface area contributed by atoms with Crippen molar-refractivity contribution in [3.05, 3.63) is 44.8 Å². The lowest BCUT2D eigenvalue weighted by atomic mass is 9.95. The average Bonchev–Trinajstić information content (AvgIpc) is 3.15. The number of epoxide rings is 1. The van der Waals surface area contributed by atoms with E-state index in [1.807, 2.05) is 53.8 Å². The SMILES string of the molecule is CCN(CC)CC(=O)OC(C(=O)OC1CC2C3OC3C(C1)[N+]2(C)C)(c1cccs1)c1cccs1. The fourth-order valence-electron chi connectivity index (χ4n) is 5.79. The van der Waals surface area contributed by atoms with E-state index in [4.69, 9.17) is 14.2 Å². The Morgan fingerprint density at radius 1 is 1.06 bits per heavy atom. The first-order chi connectivity index (χ1) is 16.3. The lowest BCUT2D eigenvalue weighted by Crippen LogP contribution is -2.60. The number of morpholine rings is 1. The van der Waals surface area contributed by atoms with Gasteiger partial charge in [-0.2, -0.15) is 0 Å². The molecule has 9 heteroatoms. The molecule has 5 rings (SSSR count). The Labute approximate surface area is 208 Å². The Bertz CT molecular complexity index is 964. The predicted molar refractivity (Wildman–Crippen MR) is 131 cm³/mol. The summed E-state index contributed by atoms with van der Waals surface area (Å²) in [5, 5.41) is 3.80. The molecule has 0 saturated carbocycles. The highest BCUT2D eigenvalue weighted by Gasteiger charge is 2.71. The number of quaternary nitrogens is 1. The summed E-state index contributed by atoms with van der Waals surface area (Å²) in [6, 6.07) is 8.10. The Morgan fingerprint density at radius 2 is 1.62 bits per heavy atom. The van der Waals surface area contributed by atoms with Crippen LogP contribution < -0.4 is 0 Å². The van der Waals surface area contributed by atoms with Crippen molar-refractivity contribution in [1.82, 2.24) is 4.90 Å². The summed E-state index contributed by atoms with van der Waals surface area (Å²) in [6.45, 7) is 5.58. The van der Waals surface area contributed by atoms with Crippen molar-refractivity contribution in [2.75, 3.05) is 33.7 Å². The number of piperidine rings is 1. The van der Waals surface area contributed by atoms with Gasteiger partial charge in [0, 0.05) is 12.8 Å². The van der Waals surface area contributed by atoms with Gasteiger partial charge in [0.1, 0.15) is 30.4 Å². The highest BCUT2D eigenvalue weighted by atomic mass is 32.1. The molecule has 34 heavy (non-hydrogen) atoms. The van der Waals surface area contributed by atoms with Crippen LogP contribution in [0.15, 0.2) is 35.0 Å². The van der Waals surface area contributed by atoms with Gasteiger partial charge in [0.05, 0.1) is 30.4 Å². The number of esters is 2. The van der Waals surface area contributed by atoms with E-state index in [0.717, 1.165) is 30.4 Å². The molecule has 184 valence electrons. The number of rotatable bonds is 9. The van der Waals surface area contributed by atoms with Crippen molar-refractivity contribution in [3.63, 3.8) is 0 Å². The van der Waals surface area contributed by atoms with Gasteiger partial charge in [0.25, 0.3) is 5.60 Å². The summed E-state index contributed by atoms with van der Waals surface area (Å²) >= 11 is 2.81. The second-order valence-electron chi connectivity index (χ2n) is 9.90. The molecule has 7 nitrogen and oxygen atoms in total. The maximum atomic E-state index is 14.0. The smallest absolute Gasteiger partial charge is 0.362 e. The third-order valence-electron chi connectivity index (χ3n) is 7.85. The van der Waals surface area contributed by atoms with Crippen LogP contribution in [0.25, 0.3) is 0 Å². The second-order valence-corrected chi connectivity index (χ2v) is 11.8. The van der Waals surface area contributed by atoms with Gasteiger partial charge in [0.15, 0.2) is 0 Å². The zero-order valence-corrected chi connectivity index (χ0v) is 21.8. The number of carbonyl (C=O) groups is 2. The molecule has 0 radical (unpaired) electrons. The number of hydrogen-bond acceptors (Lipinski definition) is 8. The topological polar surface area (TPSA) is 68.4 Å². The molecular weight excluding hydrogens is 472 g/mol. The molecule has 4 atom stereocenters. The van der Waals surface area contributed by atoms with Crippen molar-refractivity contribution < 1.29 is 28.3 Å². The molecule has 0 spiro atoms. The van der Waals surface area contributed by atoms with Crippen molar-refractivity contribution in [2.45, 2.75) is 62.7 Å². The molecule has 5 heterocycles. The van der Waals surface area contributed by atoms with Crippen molar-refractivity contribution in [2.24, 2.45) is 0 Å². The zero-order valence-electron chi connectivity index (χ0n) is 20.1. The maximum Gasteiger partial charge on any atom is 0.362 e. The summed E-state index contributed by atoms with van der Waals surface area (Å²) < 4.78 is 19.2. The first-order valence-electron chi connectivity index (χ1n) is 12.0. The van der Waals surface area contributed by atoms with E-state index in [9.17, 15) is 9.59 Å². The highest BCUT2D eigenvalue weighted by molar-refractivity contribution is 7.12. The quantitative estimate of drug-likeness (QED) is 0.296. The van der Waals surface area contributed by atoms with E-state index >= 15 is 0 Å². The lowest BCUT2D eigenvalue weighted by Gasteiger charge is -2.45. The van der Waals surface area contributed by atoms with Crippen molar-refractivity contribution in [1.29, 1.82) is 0 Å². The Balaban J connectivity index is 1.44. The van der Waals surface area contributed by atoms with Crippen LogP contribution in [0.3, 0.4) is 0 Å². The van der Waals surface area contributed by atoms with E-state index < -0.39 is 17.5 Å². The molecule has 3 saturated heterocycles. The van der Waals surface area contributed by atoms with Crippen LogP contribution >= 0.6 is 22.7 Å². The fraction of sp³-hybridized carbons (Fsp3) is 0.600. The number of nitrogens with zero attached hydrogens (tertiary/aromatic N) is 2. The molecule has 0 aliphatic carbocycles. The van der Waals surface area contributed by atoms with Gasteiger partial charge in [0.2, 0.25) is 0 Å².